The molecule has 10 heteroatoms. The molecule has 2 aromatic rings. The van der Waals surface area contributed by atoms with Gasteiger partial charge in [-0.05, 0) is 47.1 Å². The molecule has 146 valence electrons. The number of nitrogens with zero attached hydrogens (tertiary/aromatic N) is 3. The zero-order chi connectivity index (χ0) is 19.8. The minimum absolute atomic E-state index is 0.0137. The zero-order valence-electron chi connectivity index (χ0n) is 14.5. The number of hydrogen-bond acceptors (Lipinski definition) is 3. The van der Waals surface area contributed by atoms with Crippen molar-refractivity contribution in [2.24, 2.45) is 0 Å². The molecule has 0 unspecified atom stereocenters. The summed E-state index contributed by atoms with van der Waals surface area (Å²) in [5.74, 6) is -0.111. The Hall–Kier alpha value is -1.06. The number of carbonyl (C=O) groups is 1. The number of halogens is 3. The smallest absolute Gasteiger partial charge is 0.270 e. The highest BCUT2D eigenvalue weighted by molar-refractivity contribution is 9.10. The number of rotatable bonds is 4. The SMILES string of the molecule is CCn1cc(Br)cc1C(=O)N1CCN(S(=O)(=O)c2cc(Cl)ccc2Cl)CC1. The first-order valence-electron chi connectivity index (χ1n) is 8.34. The first-order chi connectivity index (χ1) is 12.7. The molecule has 0 radical (unpaired) electrons. The molecule has 1 aliphatic rings. The summed E-state index contributed by atoms with van der Waals surface area (Å²) in [6.07, 6.45) is 1.86. The summed E-state index contributed by atoms with van der Waals surface area (Å²) < 4.78 is 29.8. The topological polar surface area (TPSA) is 62.6 Å². The van der Waals surface area contributed by atoms with Crippen LogP contribution in [0.4, 0.5) is 0 Å². The van der Waals surface area contributed by atoms with Crippen LogP contribution >= 0.6 is 39.1 Å². The number of carbonyl (C=O) groups excluding carboxylic acids is 1. The normalized spacial score (nSPS) is 15.9. The highest BCUT2D eigenvalue weighted by Crippen LogP contribution is 2.28. The van der Waals surface area contributed by atoms with Gasteiger partial charge in [-0.25, -0.2) is 8.42 Å². The van der Waals surface area contributed by atoms with Gasteiger partial charge in [0, 0.05) is 48.4 Å². The summed E-state index contributed by atoms with van der Waals surface area (Å²) in [7, 11) is -3.77. The molecule has 1 aromatic carbocycles. The maximum absolute atomic E-state index is 12.9. The summed E-state index contributed by atoms with van der Waals surface area (Å²) in [4.78, 5) is 14.4. The molecule has 27 heavy (non-hydrogen) atoms. The van der Waals surface area contributed by atoms with Crippen molar-refractivity contribution < 1.29 is 13.2 Å². The monoisotopic (exact) mass is 493 g/mol. The van der Waals surface area contributed by atoms with Crippen LogP contribution in [0.15, 0.2) is 39.8 Å². The number of hydrogen-bond donors (Lipinski definition) is 0. The zero-order valence-corrected chi connectivity index (χ0v) is 18.4. The number of piperazine rings is 1. The van der Waals surface area contributed by atoms with Crippen molar-refractivity contribution in [2.45, 2.75) is 18.4 Å². The van der Waals surface area contributed by atoms with Gasteiger partial charge in [0.15, 0.2) is 0 Å². The van der Waals surface area contributed by atoms with Crippen LogP contribution in [0, 0.1) is 0 Å². The first-order valence-corrected chi connectivity index (χ1v) is 11.3. The van der Waals surface area contributed by atoms with Crippen LogP contribution in [0.5, 0.6) is 0 Å². The van der Waals surface area contributed by atoms with Gasteiger partial charge in [0.25, 0.3) is 5.91 Å². The summed E-state index contributed by atoms with van der Waals surface area (Å²) in [5.41, 5.74) is 0.582. The van der Waals surface area contributed by atoms with E-state index < -0.39 is 10.0 Å². The fourth-order valence-electron chi connectivity index (χ4n) is 3.02. The van der Waals surface area contributed by atoms with Gasteiger partial charge in [0.05, 0.1) is 5.02 Å². The molecule has 0 aliphatic carbocycles. The number of aryl methyl sites for hydroxylation is 1. The molecule has 6 nitrogen and oxygen atoms in total. The van der Waals surface area contributed by atoms with Gasteiger partial charge < -0.3 is 9.47 Å². The molecule has 0 bridgehead atoms. The van der Waals surface area contributed by atoms with Crippen LogP contribution < -0.4 is 0 Å². The van der Waals surface area contributed by atoms with E-state index in [0.29, 0.717) is 30.4 Å². The third-order valence-electron chi connectivity index (χ3n) is 4.46. The van der Waals surface area contributed by atoms with E-state index in [0.717, 1.165) is 4.47 Å². The lowest BCUT2D eigenvalue weighted by molar-refractivity contribution is 0.0687. The Bertz CT molecular complexity index is 970. The molecular weight excluding hydrogens is 477 g/mol. The summed E-state index contributed by atoms with van der Waals surface area (Å²) in [5, 5.41) is 0.432. The van der Waals surface area contributed by atoms with Crippen molar-refractivity contribution in [3.05, 3.63) is 50.7 Å². The lowest BCUT2D eigenvalue weighted by Crippen LogP contribution is -2.50. The molecule has 1 aromatic heterocycles. The second-order valence-corrected chi connectivity index (χ2v) is 9.77. The molecule has 3 rings (SSSR count). The van der Waals surface area contributed by atoms with Crippen LogP contribution in [0.2, 0.25) is 10.0 Å². The largest absolute Gasteiger partial charge is 0.343 e. The first kappa shape index (κ1) is 20.7. The highest BCUT2D eigenvalue weighted by atomic mass is 79.9. The Morgan fingerprint density at radius 2 is 1.81 bits per heavy atom. The summed E-state index contributed by atoms with van der Waals surface area (Å²) in [6.45, 7) is 3.65. The van der Waals surface area contributed by atoms with Gasteiger partial charge in [-0.3, -0.25) is 4.79 Å². The predicted octanol–water partition coefficient (Wildman–Crippen LogP) is 3.72. The second kappa shape index (κ2) is 8.13. The molecule has 1 fully saturated rings. The number of amides is 1. The van der Waals surface area contributed by atoms with Crippen LogP contribution in [0.3, 0.4) is 0 Å². The Kier molecular flexibility index (Phi) is 6.22. The fraction of sp³-hybridized carbons (Fsp3) is 0.353. The lowest BCUT2D eigenvalue weighted by Gasteiger charge is -2.34. The fourth-order valence-corrected chi connectivity index (χ4v) is 5.65. The van der Waals surface area contributed by atoms with E-state index in [-0.39, 0.29) is 28.9 Å². The Balaban J connectivity index is 1.75. The second-order valence-electron chi connectivity index (χ2n) is 6.10. The average Bonchev–Trinajstić information content (AvgIpc) is 3.04. The molecule has 0 saturated carbocycles. The van der Waals surface area contributed by atoms with Crippen molar-refractivity contribution >= 4 is 55.1 Å². The Labute approximate surface area is 176 Å². The number of sulfonamides is 1. The van der Waals surface area contributed by atoms with Crippen molar-refractivity contribution in [1.82, 2.24) is 13.8 Å². The summed E-state index contributed by atoms with van der Waals surface area (Å²) >= 11 is 15.4. The van der Waals surface area contributed by atoms with Gasteiger partial charge in [-0.15, -0.1) is 0 Å². The Morgan fingerprint density at radius 1 is 1.15 bits per heavy atom. The van der Waals surface area contributed by atoms with Crippen molar-refractivity contribution in [2.75, 3.05) is 26.2 Å². The van der Waals surface area contributed by atoms with Gasteiger partial charge in [-0.2, -0.15) is 4.31 Å². The van der Waals surface area contributed by atoms with Gasteiger partial charge >= 0.3 is 0 Å². The molecular formula is C17H18BrCl2N3O3S. The maximum Gasteiger partial charge on any atom is 0.270 e. The molecule has 0 N–H and O–H groups in total. The van der Waals surface area contributed by atoms with Crippen LogP contribution in [-0.4, -0.2) is 54.3 Å². The molecule has 1 amide bonds. The van der Waals surface area contributed by atoms with Crippen LogP contribution in [-0.2, 0) is 16.6 Å². The number of benzene rings is 1. The van der Waals surface area contributed by atoms with Crippen LogP contribution in [0.1, 0.15) is 17.4 Å². The van der Waals surface area contributed by atoms with E-state index in [1.807, 2.05) is 17.7 Å². The third kappa shape index (κ3) is 4.19. The third-order valence-corrected chi connectivity index (χ3v) is 7.51. The standard InChI is InChI=1S/C17H18BrCl2N3O3S/c1-2-21-11-12(18)9-15(21)17(24)22-5-7-23(8-6-22)27(25,26)16-10-13(19)3-4-14(16)20/h3-4,9-11H,2,5-8H2,1H3. The van der Waals surface area contributed by atoms with Gasteiger partial charge in [0.1, 0.15) is 10.6 Å². The minimum atomic E-state index is -3.77. The van der Waals surface area contributed by atoms with E-state index in [1.165, 1.54) is 16.4 Å². The molecule has 0 atom stereocenters. The van der Waals surface area contributed by atoms with E-state index in [4.69, 9.17) is 23.2 Å². The van der Waals surface area contributed by atoms with Gasteiger partial charge in [-0.1, -0.05) is 23.2 Å². The predicted molar refractivity (Wildman–Crippen MR) is 109 cm³/mol. The van der Waals surface area contributed by atoms with E-state index in [9.17, 15) is 13.2 Å². The molecule has 0 spiro atoms. The quantitative estimate of drug-likeness (QED) is 0.650. The Morgan fingerprint density at radius 3 is 2.44 bits per heavy atom. The van der Waals surface area contributed by atoms with Crippen molar-refractivity contribution in [1.29, 1.82) is 0 Å². The lowest BCUT2D eigenvalue weighted by atomic mass is 10.3. The maximum atomic E-state index is 12.9. The summed E-state index contributed by atoms with van der Waals surface area (Å²) in [6, 6.07) is 6.14. The van der Waals surface area contributed by atoms with Gasteiger partial charge in [0.2, 0.25) is 10.0 Å². The molecule has 1 aliphatic heterocycles. The van der Waals surface area contributed by atoms with Crippen LogP contribution in [0.25, 0.3) is 0 Å². The minimum Gasteiger partial charge on any atom is -0.343 e. The average molecular weight is 495 g/mol. The molecule has 2 heterocycles. The molecule has 1 saturated heterocycles. The van der Waals surface area contributed by atoms with E-state index in [1.54, 1.807) is 17.0 Å². The van der Waals surface area contributed by atoms with E-state index in [2.05, 4.69) is 15.9 Å². The van der Waals surface area contributed by atoms with Crippen molar-refractivity contribution in [3.63, 3.8) is 0 Å². The van der Waals surface area contributed by atoms with E-state index >= 15 is 0 Å². The van der Waals surface area contributed by atoms with Crippen molar-refractivity contribution in [3.8, 4) is 0 Å². The number of aromatic nitrogens is 1. The highest BCUT2D eigenvalue weighted by Gasteiger charge is 2.32.